The number of hydrogen-bond donors (Lipinski definition) is 0. The van der Waals surface area contributed by atoms with Crippen molar-refractivity contribution in [1.82, 2.24) is 0 Å². The first-order valence-electron chi connectivity index (χ1n) is 7.40. The zero-order chi connectivity index (χ0) is 18.7. The van der Waals surface area contributed by atoms with Gasteiger partial charge < -0.3 is 4.42 Å². The number of rotatable bonds is 4. The molecule has 0 aliphatic heterocycles. The smallest absolute Gasteiger partial charge is 0.281 e. The monoisotopic (exact) mass is 368 g/mol. The van der Waals surface area contributed by atoms with Gasteiger partial charge in [-0.1, -0.05) is 23.7 Å². The number of allylic oxidation sites excluding steroid dienone is 1. The number of nitrogens with zero attached hydrogens (tertiary/aromatic N) is 2. The standard InChI is InChI=1S/C19H10ClFN2O3/c20-14-3-7-17(18(10-14)23(24)25)19-8-6-16(26-19)9-13(11-22)12-1-4-15(21)5-2-12/h1-10H/b13-9+. The van der Waals surface area contributed by atoms with Crippen LogP contribution in [0.3, 0.4) is 0 Å². The molecule has 2 aromatic carbocycles. The van der Waals surface area contributed by atoms with E-state index < -0.39 is 10.7 Å². The Hall–Kier alpha value is -3.43. The van der Waals surface area contributed by atoms with Crippen molar-refractivity contribution in [3.63, 3.8) is 0 Å². The third kappa shape index (κ3) is 3.63. The van der Waals surface area contributed by atoms with E-state index in [1.54, 1.807) is 12.1 Å². The molecule has 0 fully saturated rings. The quantitative estimate of drug-likeness (QED) is 0.335. The van der Waals surface area contributed by atoms with Crippen molar-refractivity contribution in [1.29, 1.82) is 5.26 Å². The van der Waals surface area contributed by atoms with Gasteiger partial charge in [0, 0.05) is 11.1 Å². The molecular weight excluding hydrogens is 359 g/mol. The second-order valence-electron chi connectivity index (χ2n) is 5.30. The minimum absolute atomic E-state index is 0.179. The second kappa shape index (κ2) is 7.21. The van der Waals surface area contributed by atoms with Crippen LogP contribution in [-0.2, 0) is 0 Å². The third-order valence-electron chi connectivity index (χ3n) is 3.61. The first-order chi connectivity index (χ1) is 12.5. The summed E-state index contributed by atoms with van der Waals surface area (Å²) in [4.78, 5) is 10.7. The molecule has 128 valence electrons. The van der Waals surface area contributed by atoms with Crippen molar-refractivity contribution >= 4 is 28.9 Å². The van der Waals surface area contributed by atoms with Crippen LogP contribution in [0.25, 0.3) is 23.0 Å². The van der Waals surface area contributed by atoms with E-state index in [-0.39, 0.29) is 27.6 Å². The number of halogens is 2. The molecule has 0 unspecified atom stereocenters. The Labute approximate surface area is 152 Å². The number of benzene rings is 2. The number of furan rings is 1. The Morgan fingerprint density at radius 2 is 1.92 bits per heavy atom. The average Bonchev–Trinajstić information content (AvgIpc) is 3.09. The van der Waals surface area contributed by atoms with Crippen LogP contribution in [0.15, 0.2) is 59.0 Å². The molecule has 0 spiro atoms. The second-order valence-corrected chi connectivity index (χ2v) is 5.73. The highest BCUT2D eigenvalue weighted by Gasteiger charge is 2.18. The maximum absolute atomic E-state index is 13.0. The molecule has 3 aromatic rings. The molecule has 0 saturated carbocycles. The van der Waals surface area contributed by atoms with Crippen LogP contribution in [0.2, 0.25) is 5.02 Å². The Morgan fingerprint density at radius 1 is 1.19 bits per heavy atom. The van der Waals surface area contributed by atoms with Crippen molar-refractivity contribution in [2.75, 3.05) is 0 Å². The zero-order valence-corrected chi connectivity index (χ0v) is 13.9. The fourth-order valence-electron chi connectivity index (χ4n) is 2.39. The SMILES string of the molecule is N#C/C(=C\c1ccc(-c2ccc(Cl)cc2[N+](=O)[O-])o1)c1ccc(F)cc1. The summed E-state index contributed by atoms with van der Waals surface area (Å²) < 4.78 is 18.6. The van der Waals surface area contributed by atoms with E-state index in [1.807, 2.05) is 6.07 Å². The van der Waals surface area contributed by atoms with Gasteiger partial charge in [-0.3, -0.25) is 10.1 Å². The molecule has 0 radical (unpaired) electrons. The summed E-state index contributed by atoms with van der Waals surface area (Å²) in [5, 5.41) is 20.8. The van der Waals surface area contributed by atoms with E-state index in [1.165, 1.54) is 48.5 Å². The molecule has 0 aliphatic carbocycles. The molecule has 0 atom stereocenters. The van der Waals surface area contributed by atoms with Crippen molar-refractivity contribution in [3.8, 4) is 17.4 Å². The molecule has 1 heterocycles. The first kappa shape index (κ1) is 17.4. The van der Waals surface area contributed by atoms with Crippen molar-refractivity contribution in [3.05, 3.63) is 86.9 Å². The van der Waals surface area contributed by atoms with Gasteiger partial charge in [0.15, 0.2) is 0 Å². The molecule has 0 bridgehead atoms. The number of hydrogen-bond acceptors (Lipinski definition) is 4. The summed E-state index contributed by atoms with van der Waals surface area (Å²) in [6, 6.07) is 14.9. The molecule has 0 saturated heterocycles. The zero-order valence-electron chi connectivity index (χ0n) is 13.1. The van der Waals surface area contributed by atoms with Crippen molar-refractivity contribution < 1.29 is 13.7 Å². The highest BCUT2D eigenvalue weighted by atomic mass is 35.5. The lowest BCUT2D eigenvalue weighted by Crippen LogP contribution is -1.91. The van der Waals surface area contributed by atoms with E-state index in [0.717, 1.165) is 0 Å². The van der Waals surface area contributed by atoms with E-state index in [2.05, 4.69) is 0 Å². The van der Waals surface area contributed by atoms with Gasteiger partial charge in [0.25, 0.3) is 5.69 Å². The fourth-order valence-corrected chi connectivity index (χ4v) is 2.56. The molecule has 3 rings (SSSR count). The molecular formula is C19H10ClFN2O3. The van der Waals surface area contributed by atoms with Crippen LogP contribution in [0, 0.1) is 27.3 Å². The Balaban J connectivity index is 1.99. The van der Waals surface area contributed by atoms with Crippen LogP contribution in [0.4, 0.5) is 10.1 Å². The molecule has 0 aliphatic rings. The largest absolute Gasteiger partial charge is 0.456 e. The minimum Gasteiger partial charge on any atom is -0.456 e. The normalized spacial score (nSPS) is 11.2. The van der Waals surface area contributed by atoms with Gasteiger partial charge in [0.1, 0.15) is 17.3 Å². The van der Waals surface area contributed by atoms with Gasteiger partial charge in [-0.2, -0.15) is 5.26 Å². The van der Waals surface area contributed by atoms with Gasteiger partial charge in [0.05, 0.1) is 22.1 Å². The van der Waals surface area contributed by atoms with Gasteiger partial charge in [0.2, 0.25) is 0 Å². The summed E-state index contributed by atoms with van der Waals surface area (Å²) in [6.45, 7) is 0. The van der Waals surface area contributed by atoms with Gasteiger partial charge in [-0.05, 0) is 48.0 Å². The van der Waals surface area contributed by atoms with E-state index in [0.29, 0.717) is 11.3 Å². The van der Waals surface area contributed by atoms with Crippen molar-refractivity contribution in [2.24, 2.45) is 0 Å². The van der Waals surface area contributed by atoms with Gasteiger partial charge >= 0.3 is 0 Å². The summed E-state index contributed by atoms with van der Waals surface area (Å²) >= 11 is 5.81. The predicted octanol–water partition coefficient (Wildman–Crippen LogP) is 5.71. The number of nitriles is 1. The summed E-state index contributed by atoms with van der Waals surface area (Å²) in [5.41, 5.74) is 0.904. The minimum atomic E-state index is -0.543. The molecule has 0 N–H and O–H groups in total. The molecule has 26 heavy (non-hydrogen) atoms. The lowest BCUT2D eigenvalue weighted by molar-refractivity contribution is -0.384. The lowest BCUT2D eigenvalue weighted by atomic mass is 10.1. The number of nitro benzene ring substituents is 1. The van der Waals surface area contributed by atoms with E-state index in [4.69, 9.17) is 16.0 Å². The Morgan fingerprint density at radius 3 is 2.58 bits per heavy atom. The van der Waals surface area contributed by atoms with Crippen molar-refractivity contribution in [2.45, 2.75) is 0 Å². The van der Waals surface area contributed by atoms with E-state index >= 15 is 0 Å². The predicted molar refractivity (Wildman–Crippen MR) is 95.7 cm³/mol. The van der Waals surface area contributed by atoms with Crippen LogP contribution in [0.1, 0.15) is 11.3 Å². The Kier molecular flexibility index (Phi) is 4.83. The van der Waals surface area contributed by atoms with Crippen LogP contribution in [-0.4, -0.2) is 4.92 Å². The van der Waals surface area contributed by atoms with Gasteiger partial charge in [-0.25, -0.2) is 4.39 Å². The molecule has 0 amide bonds. The summed E-state index contributed by atoms with van der Waals surface area (Å²) in [5.74, 6) is 0.211. The first-order valence-corrected chi connectivity index (χ1v) is 7.77. The highest BCUT2D eigenvalue weighted by Crippen LogP contribution is 2.34. The molecule has 1 aromatic heterocycles. The average molecular weight is 369 g/mol. The number of nitro groups is 1. The topological polar surface area (TPSA) is 80.1 Å². The maximum atomic E-state index is 13.0. The van der Waals surface area contributed by atoms with Gasteiger partial charge in [-0.15, -0.1) is 0 Å². The maximum Gasteiger partial charge on any atom is 0.281 e. The molecule has 7 heteroatoms. The summed E-state index contributed by atoms with van der Waals surface area (Å²) in [6.07, 6.45) is 1.48. The van der Waals surface area contributed by atoms with E-state index in [9.17, 15) is 19.8 Å². The Bertz CT molecular complexity index is 1050. The fraction of sp³-hybridized carbons (Fsp3) is 0. The summed E-state index contributed by atoms with van der Waals surface area (Å²) in [7, 11) is 0. The van der Waals surface area contributed by atoms with Crippen LogP contribution in [0.5, 0.6) is 0 Å². The molecule has 5 nitrogen and oxygen atoms in total. The van der Waals surface area contributed by atoms with Crippen LogP contribution >= 0.6 is 11.6 Å². The lowest BCUT2D eigenvalue weighted by Gasteiger charge is -2.01. The third-order valence-corrected chi connectivity index (χ3v) is 3.85. The van der Waals surface area contributed by atoms with Crippen LogP contribution < -0.4 is 0 Å². The highest BCUT2D eigenvalue weighted by molar-refractivity contribution is 6.30.